The van der Waals surface area contributed by atoms with Crippen molar-refractivity contribution in [3.8, 4) is 5.75 Å². The van der Waals surface area contributed by atoms with Gasteiger partial charge in [0, 0.05) is 11.3 Å². The summed E-state index contributed by atoms with van der Waals surface area (Å²) < 4.78 is 44.5. The molecule has 0 saturated heterocycles. The van der Waals surface area contributed by atoms with E-state index in [9.17, 15) is 27.9 Å². The number of amides is 1. The standard InChI is InChI=1S/C26H18F3NO4/c27-26(28,29)19-11-6-12-20(15-19)30-24(32)23(16-7-2-1-3-8-16)34-25(33)21-13-17-9-4-5-10-18(17)14-22(21)31/h1-15,23,31H,(H,30,32)/t23-/m0/s1. The summed E-state index contributed by atoms with van der Waals surface area (Å²) in [5, 5.41) is 14.1. The number of benzene rings is 4. The third-order valence-corrected chi connectivity index (χ3v) is 5.11. The fourth-order valence-electron chi connectivity index (χ4n) is 3.44. The first-order valence-electron chi connectivity index (χ1n) is 10.2. The largest absolute Gasteiger partial charge is 0.507 e. The molecule has 0 fully saturated rings. The van der Waals surface area contributed by atoms with Gasteiger partial charge in [-0.25, -0.2) is 4.79 Å². The molecular weight excluding hydrogens is 447 g/mol. The molecular formula is C26H18F3NO4. The molecule has 0 spiro atoms. The van der Waals surface area contributed by atoms with Crippen LogP contribution in [0.15, 0.2) is 91.0 Å². The van der Waals surface area contributed by atoms with Crippen LogP contribution in [0.2, 0.25) is 0 Å². The number of anilines is 1. The molecule has 0 aliphatic heterocycles. The number of esters is 1. The van der Waals surface area contributed by atoms with Gasteiger partial charge in [-0.05, 0) is 41.1 Å². The van der Waals surface area contributed by atoms with Crippen molar-refractivity contribution in [1.82, 2.24) is 0 Å². The van der Waals surface area contributed by atoms with Gasteiger partial charge in [0.1, 0.15) is 11.3 Å². The Hall–Kier alpha value is -4.33. The number of ether oxygens (including phenoxy) is 1. The summed E-state index contributed by atoms with van der Waals surface area (Å²) >= 11 is 0. The lowest BCUT2D eigenvalue weighted by molar-refractivity contribution is -0.137. The minimum atomic E-state index is -4.58. The van der Waals surface area contributed by atoms with Crippen LogP contribution in [0, 0.1) is 0 Å². The van der Waals surface area contributed by atoms with Crippen LogP contribution in [0.25, 0.3) is 10.8 Å². The minimum Gasteiger partial charge on any atom is -0.507 e. The number of carbonyl (C=O) groups excluding carboxylic acids is 2. The number of alkyl halides is 3. The first-order chi connectivity index (χ1) is 16.2. The van der Waals surface area contributed by atoms with E-state index in [1.54, 1.807) is 54.6 Å². The van der Waals surface area contributed by atoms with Crippen molar-refractivity contribution in [1.29, 1.82) is 0 Å². The molecule has 0 bridgehead atoms. The average molecular weight is 465 g/mol. The summed E-state index contributed by atoms with van der Waals surface area (Å²) in [6, 6.07) is 22.1. The molecule has 4 aromatic carbocycles. The van der Waals surface area contributed by atoms with Gasteiger partial charge in [-0.1, -0.05) is 60.7 Å². The van der Waals surface area contributed by atoms with Gasteiger partial charge in [0.25, 0.3) is 5.91 Å². The number of carbonyl (C=O) groups is 2. The van der Waals surface area contributed by atoms with E-state index in [0.717, 1.165) is 18.2 Å². The lowest BCUT2D eigenvalue weighted by atomic mass is 10.1. The Balaban J connectivity index is 1.63. The predicted molar refractivity (Wildman–Crippen MR) is 120 cm³/mol. The summed E-state index contributed by atoms with van der Waals surface area (Å²) in [6.07, 6.45) is -6.06. The van der Waals surface area contributed by atoms with Crippen LogP contribution in [0.5, 0.6) is 5.75 Å². The molecule has 1 atom stereocenters. The molecule has 5 nitrogen and oxygen atoms in total. The lowest BCUT2D eigenvalue weighted by Gasteiger charge is -2.19. The highest BCUT2D eigenvalue weighted by Crippen LogP contribution is 2.32. The van der Waals surface area contributed by atoms with Gasteiger partial charge in [-0.3, -0.25) is 4.79 Å². The van der Waals surface area contributed by atoms with Crippen LogP contribution in [-0.2, 0) is 15.7 Å². The molecule has 1 amide bonds. The minimum absolute atomic E-state index is 0.106. The summed E-state index contributed by atoms with van der Waals surface area (Å²) in [5.41, 5.74) is -0.878. The van der Waals surface area contributed by atoms with E-state index in [0.29, 0.717) is 16.3 Å². The van der Waals surface area contributed by atoms with E-state index in [2.05, 4.69) is 5.32 Å². The van der Waals surface area contributed by atoms with Crippen LogP contribution in [-0.4, -0.2) is 17.0 Å². The second-order valence-corrected chi connectivity index (χ2v) is 7.48. The van der Waals surface area contributed by atoms with E-state index >= 15 is 0 Å². The van der Waals surface area contributed by atoms with Crippen LogP contribution in [0.3, 0.4) is 0 Å². The molecule has 0 saturated carbocycles. The number of phenolic OH excluding ortho intramolecular Hbond substituents is 1. The first kappa shape index (κ1) is 22.8. The van der Waals surface area contributed by atoms with Gasteiger partial charge < -0.3 is 15.2 Å². The van der Waals surface area contributed by atoms with Crippen molar-refractivity contribution >= 4 is 28.3 Å². The quantitative estimate of drug-likeness (QED) is 0.349. The molecule has 0 aliphatic rings. The summed E-state index contributed by atoms with van der Waals surface area (Å²) in [5.74, 6) is -2.13. The van der Waals surface area contributed by atoms with Crippen molar-refractivity contribution < 1.29 is 32.6 Å². The Morgan fingerprint density at radius 3 is 2.15 bits per heavy atom. The normalized spacial score (nSPS) is 12.2. The van der Waals surface area contributed by atoms with E-state index in [1.807, 2.05) is 0 Å². The molecule has 2 N–H and O–H groups in total. The van der Waals surface area contributed by atoms with Crippen LogP contribution in [0.1, 0.15) is 27.6 Å². The van der Waals surface area contributed by atoms with Crippen LogP contribution >= 0.6 is 0 Å². The van der Waals surface area contributed by atoms with Crippen molar-refractivity contribution in [3.63, 3.8) is 0 Å². The van der Waals surface area contributed by atoms with Gasteiger partial charge in [0.15, 0.2) is 0 Å². The predicted octanol–water partition coefficient (Wildman–Crippen LogP) is 6.10. The second kappa shape index (κ2) is 9.27. The highest BCUT2D eigenvalue weighted by molar-refractivity contribution is 6.01. The molecule has 172 valence electrons. The Bertz CT molecular complexity index is 1350. The van der Waals surface area contributed by atoms with Gasteiger partial charge in [0.2, 0.25) is 6.10 Å². The maximum Gasteiger partial charge on any atom is 0.416 e. The second-order valence-electron chi connectivity index (χ2n) is 7.48. The number of hydrogen-bond donors (Lipinski definition) is 2. The Labute approximate surface area is 192 Å². The van der Waals surface area contributed by atoms with E-state index in [4.69, 9.17) is 4.74 Å². The van der Waals surface area contributed by atoms with Gasteiger partial charge in [0.05, 0.1) is 5.56 Å². The molecule has 0 radical (unpaired) electrons. The fraction of sp³-hybridized carbons (Fsp3) is 0.0769. The number of nitrogens with one attached hydrogen (secondary N) is 1. The topological polar surface area (TPSA) is 75.6 Å². The van der Waals surface area contributed by atoms with Crippen molar-refractivity contribution in [2.24, 2.45) is 0 Å². The Kier molecular flexibility index (Phi) is 6.23. The lowest BCUT2D eigenvalue weighted by Crippen LogP contribution is -2.26. The molecule has 0 aliphatic carbocycles. The summed E-state index contributed by atoms with van der Waals surface area (Å²) in [6.45, 7) is 0. The number of hydrogen-bond acceptors (Lipinski definition) is 4. The molecule has 0 aromatic heterocycles. The molecule has 4 rings (SSSR count). The molecule has 0 heterocycles. The van der Waals surface area contributed by atoms with Crippen LogP contribution < -0.4 is 5.32 Å². The maximum atomic E-state index is 13.0. The number of fused-ring (bicyclic) bond motifs is 1. The van der Waals surface area contributed by atoms with Gasteiger partial charge in [-0.15, -0.1) is 0 Å². The smallest absolute Gasteiger partial charge is 0.416 e. The van der Waals surface area contributed by atoms with Crippen molar-refractivity contribution in [3.05, 3.63) is 108 Å². The Morgan fingerprint density at radius 2 is 1.47 bits per heavy atom. The fourth-order valence-corrected chi connectivity index (χ4v) is 3.44. The van der Waals surface area contributed by atoms with Gasteiger partial charge >= 0.3 is 12.1 Å². The van der Waals surface area contributed by atoms with E-state index in [1.165, 1.54) is 18.2 Å². The SMILES string of the molecule is O=C(O[C@H](C(=O)Nc1cccc(C(F)(F)F)c1)c1ccccc1)c1cc2ccccc2cc1O. The number of rotatable bonds is 5. The maximum absolute atomic E-state index is 13.0. The zero-order valence-electron chi connectivity index (χ0n) is 17.5. The average Bonchev–Trinajstić information content (AvgIpc) is 2.82. The Morgan fingerprint density at radius 1 is 0.824 bits per heavy atom. The molecule has 8 heteroatoms. The van der Waals surface area contributed by atoms with E-state index < -0.39 is 29.7 Å². The third-order valence-electron chi connectivity index (χ3n) is 5.11. The highest BCUT2D eigenvalue weighted by Gasteiger charge is 2.31. The number of phenols is 1. The van der Waals surface area contributed by atoms with E-state index in [-0.39, 0.29) is 17.0 Å². The first-order valence-corrected chi connectivity index (χ1v) is 10.2. The zero-order chi connectivity index (χ0) is 24.3. The number of aromatic hydroxyl groups is 1. The monoisotopic (exact) mass is 465 g/mol. The zero-order valence-corrected chi connectivity index (χ0v) is 17.5. The molecule has 0 unspecified atom stereocenters. The molecule has 4 aromatic rings. The third kappa shape index (κ3) is 5.01. The summed E-state index contributed by atoms with van der Waals surface area (Å²) in [7, 11) is 0. The van der Waals surface area contributed by atoms with Gasteiger partial charge in [-0.2, -0.15) is 13.2 Å². The summed E-state index contributed by atoms with van der Waals surface area (Å²) in [4.78, 5) is 25.9. The van der Waals surface area contributed by atoms with Crippen molar-refractivity contribution in [2.75, 3.05) is 5.32 Å². The highest BCUT2D eigenvalue weighted by atomic mass is 19.4. The number of halogens is 3. The van der Waals surface area contributed by atoms with Crippen LogP contribution in [0.4, 0.5) is 18.9 Å². The molecule has 34 heavy (non-hydrogen) atoms. The van der Waals surface area contributed by atoms with Crippen molar-refractivity contribution in [2.45, 2.75) is 12.3 Å².